The van der Waals surface area contributed by atoms with Gasteiger partial charge in [-0.15, -0.1) is 5.10 Å². The molecule has 0 radical (unpaired) electrons. The Morgan fingerprint density at radius 1 is 1.42 bits per heavy atom. The Morgan fingerprint density at radius 3 is 2.92 bits per heavy atom. The molecule has 2 fully saturated rings. The van der Waals surface area contributed by atoms with E-state index in [9.17, 15) is 9.59 Å². The molecular weight excluding hydrogens is 332 g/mol. The van der Waals surface area contributed by atoms with Gasteiger partial charge in [-0.3, -0.25) is 9.69 Å². The third-order valence-corrected chi connectivity index (χ3v) is 5.14. The van der Waals surface area contributed by atoms with Crippen LogP contribution in [-0.4, -0.2) is 67.6 Å². The zero-order chi connectivity index (χ0) is 17.2. The van der Waals surface area contributed by atoms with Crippen molar-refractivity contribution in [2.45, 2.75) is 56.5 Å². The van der Waals surface area contributed by atoms with Crippen molar-refractivity contribution < 1.29 is 14.3 Å². The topological polar surface area (TPSA) is 102 Å². The second-order valence-corrected chi connectivity index (χ2v) is 7.55. The van der Waals surface area contributed by atoms with Gasteiger partial charge in [0.1, 0.15) is 5.54 Å². The highest BCUT2D eigenvalue weighted by atomic mass is 32.2. The summed E-state index contributed by atoms with van der Waals surface area (Å²) in [4.78, 5) is 25.2. The number of nitrogens with one attached hydrogen (secondary N) is 1. The molecule has 0 saturated carbocycles. The summed E-state index contributed by atoms with van der Waals surface area (Å²) in [5.41, 5.74) is -0.810. The number of aromatic nitrogens is 4. The Labute approximate surface area is 144 Å². The fraction of sp³-hybridized carbons (Fsp3) is 0.786. The maximum absolute atomic E-state index is 12.1. The van der Waals surface area contributed by atoms with Crippen molar-refractivity contribution in [3.63, 3.8) is 0 Å². The molecule has 1 atom stereocenters. The Morgan fingerprint density at radius 2 is 2.25 bits per heavy atom. The predicted octanol–water partition coefficient (Wildman–Crippen LogP) is 0.665. The highest BCUT2D eigenvalue weighted by molar-refractivity contribution is 7.99. The van der Waals surface area contributed by atoms with Crippen molar-refractivity contribution in [1.82, 2.24) is 30.4 Å². The van der Waals surface area contributed by atoms with Crippen LogP contribution in [0.1, 0.15) is 33.1 Å². The van der Waals surface area contributed by atoms with Crippen molar-refractivity contribution >= 4 is 23.7 Å². The first-order valence-corrected chi connectivity index (χ1v) is 9.10. The molecule has 0 aliphatic carbocycles. The maximum atomic E-state index is 12.1. The molecule has 1 N–H and O–H groups in total. The molecule has 2 saturated heterocycles. The van der Waals surface area contributed by atoms with Crippen LogP contribution in [0.25, 0.3) is 0 Å². The molecule has 2 aliphatic rings. The van der Waals surface area contributed by atoms with E-state index in [0.717, 1.165) is 30.4 Å². The van der Waals surface area contributed by atoms with E-state index in [1.54, 1.807) is 18.5 Å². The summed E-state index contributed by atoms with van der Waals surface area (Å²) in [7, 11) is 0. The van der Waals surface area contributed by atoms with Gasteiger partial charge in [0.25, 0.3) is 5.91 Å². The zero-order valence-corrected chi connectivity index (χ0v) is 14.7. The van der Waals surface area contributed by atoms with E-state index in [4.69, 9.17) is 4.74 Å². The van der Waals surface area contributed by atoms with E-state index in [2.05, 4.69) is 20.8 Å². The largest absolute Gasteiger partial charge is 0.376 e. The Kier molecular flexibility index (Phi) is 5.04. The number of tetrazole rings is 1. The number of carbonyl (C=O) groups excluding carboxylic acids is 2. The van der Waals surface area contributed by atoms with Gasteiger partial charge < -0.3 is 10.1 Å². The lowest BCUT2D eigenvalue weighted by Gasteiger charge is -2.15. The number of ether oxygens (including phenoxy) is 1. The van der Waals surface area contributed by atoms with Crippen molar-refractivity contribution in [3.8, 4) is 0 Å². The van der Waals surface area contributed by atoms with Crippen molar-refractivity contribution in [2.24, 2.45) is 0 Å². The number of imide groups is 1. The molecule has 0 spiro atoms. The predicted molar refractivity (Wildman–Crippen MR) is 86.5 cm³/mol. The lowest BCUT2D eigenvalue weighted by molar-refractivity contribution is -0.130. The summed E-state index contributed by atoms with van der Waals surface area (Å²) in [5, 5.41) is 15.2. The SMILES string of the molecule is CC1(C)NC(=O)N(CCCSc2nnnn2C[C@H]2CCCO2)C1=O. The molecule has 24 heavy (non-hydrogen) atoms. The molecule has 0 aromatic carbocycles. The van der Waals surface area contributed by atoms with Crippen LogP contribution in [0, 0.1) is 0 Å². The second kappa shape index (κ2) is 7.06. The minimum atomic E-state index is -0.810. The lowest BCUT2D eigenvalue weighted by atomic mass is 10.1. The molecular formula is C14H22N6O3S. The molecule has 2 aliphatic heterocycles. The first-order chi connectivity index (χ1) is 11.5. The average Bonchev–Trinajstić information content (AvgIpc) is 3.22. The number of rotatable bonds is 7. The molecule has 132 valence electrons. The van der Waals surface area contributed by atoms with Crippen LogP contribution in [0.2, 0.25) is 0 Å². The Balaban J connectivity index is 1.45. The molecule has 1 aromatic rings. The maximum Gasteiger partial charge on any atom is 0.325 e. The van der Waals surface area contributed by atoms with Crippen LogP contribution >= 0.6 is 11.8 Å². The van der Waals surface area contributed by atoms with E-state index in [1.165, 1.54) is 16.7 Å². The van der Waals surface area contributed by atoms with E-state index < -0.39 is 5.54 Å². The number of urea groups is 1. The quantitative estimate of drug-likeness (QED) is 0.436. The van der Waals surface area contributed by atoms with Crippen molar-refractivity contribution in [3.05, 3.63) is 0 Å². The minimum Gasteiger partial charge on any atom is -0.376 e. The summed E-state index contributed by atoms with van der Waals surface area (Å²) < 4.78 is 7.36. The summed E-state index contributed by atoms with van der Waals surface area (Å²) in [5.74, 6) is 0.546. The molecule has 3 rings (SSSR count). The fourth-order valence-corrected chi connectivity index (χ4v) is 3.61. The number of nitrogens with zero attached hydrogens (tertiary/aromatic N) is 5. The molecule has 0 unspecified atom stereocenters. The molecule has 3 heterocycles. The molecule has 0 bridgehead atoms. The highest BCUT2D eigenvalue weighted by Gasteiger charge is 2.43. The summed E-state index contributed by atoms with van der Waals surface area (Å²) in [6, 6.07) is -0.321. The summed E-state index contributed by atoms with van der Waals surface area (Å²) in [6.07, 6.45) is 2.98. The van der Waals surface area contributed by atoms with Gasteiger partial charge in [-0.05, 0) is 43.5 Å². The van der Waals surface area contributed by atoms with Crippen LogP contribution < -0.4 is 5.32 Å². The minimum absolute atomic E-state index is 0.180. The van der Waals surface area contributed by atoms with Crippen LogP contribution in [0.4, 0.5) is 4.79 Å². The van der Waals surface area contributed by atoms with Crippen LogP contribution in [0.15, 0.2) is 5.16 Å². The normalized spacial score (nSPS) is 23.1. The summed E-state index contributed by atoms with van der Waals surface area (Å²) in [6.45, 7) is 5.28. The van der Waals surface area contributed by atoms with E-state index in [1.807, 2.05) is 0 Å². The first-order valence-electron chi connectivity index (χ1n) is 8.12. The van der Waals surface area contributed by atoms with E-state index in [0.29, 0.717) is 19.5 Å². The fourth-order valence-electron chi connectivity index (χ4n) is 2.80. The summed E-state index contributed by atoms with van der Waals surface area (Å²) >= 11 is 1.52. The van der Waals surface area contributed by atoms with E-state index in [-0.39, 0.29) is 18.0 Å². The monoisotopic (exact) mass is 354 g/mol. The molecule has 1 aromatic heterocycles. The van der Waals surface area contributed by atoms with Crippen LogP contribution in [0.5, 0.6) is 0 Å². The first kappa shape index (κ1) is 17.2. The number of hydrogen-bond acceptors (Lipinski definition) is 7. The number of carbonyl (C=O) groups is 2. The standard InChI is InChI=1S/C14H22N6O3S/c1-14(2)11(21)19(12(22)15-14)6-4-8-24-13-16-17-18-20(13)9-10-5-3-7-23-10/h10H,3-9H2,1-2H3,(H,15,22)/t10-/m1/s1. The van der Waals surface area contributed by atoms with Gasteiger partial charge in [-0.25, -0.2) is 9.48 Å². The Hall–Kier alpha value is -1.68. The highest BCUT2D eigenvalue weighted by Crippen LogP contribution is 2.20. The van der Waals surface area contributed by atoms with Crippen molar-refractivity contribution in [1.29, 1.82) is 0 Å². The van der Waals surface area contributed by atoms with Crippen LogP contribution in [-0.2, 0) is 16.1 Å². The van der Waals surface area contributed by atoms with Gasteiger partial charge in [0.15, 0.2) is 0 Å². The average molecular weight is 354 g/mol. The van der Waals surface area contributed by atoms with Gasteiger partial charge in [0.05, 0.1) is 12.6 Å². The van der Waals surface area contributed by atoms with Crippen molar-refractivity contribution in [2.75, 3.05) is 18.9 Å². The zero-order valence-electron chi connectivity index (χ0n) is 13.9. The number of thioether (sulfide) groups is 1. The van der Waals surface area contributed by atoms with Gasteiger partial charge >= 0.3 is 6.03 Å². The van der Waals surface area contributed by atoms with Gasteiger partial charge in [-0.2, -0.15) is 0 Å². The van der Waals surface area contributed by atoms with Gasteiger partial charge in [-0.1, -0.05) is 11.8 Å². The lowest BCUT2D eigenvalue weighted by Crippen LogP contribution is -2.40. The number of hydrogen-bond donors (Lipinski definition) is 1. The van der Waals surface area contributed by atoms with Crippen LogP contribution in [0.3, 0.4) is 0 Å². The Bertz CT molecular complexity index is 613. The third kappa shape index (κ3) is 3.69. The number of amides is 3. The third-order valence-electron chi connectivity index (χ3n) is 4.10. The van der Waals surface area contributed by atoms with Gasteiger partial charge in [0, 0.05) is 18.9 Å². The van der Waals surface area contributed by atoms with Gasteiger partial charge in [0.2, 0.25) is 5.16 Å². The molecule has 3 amide bonds. The molecule has 10 heteroatoms. The smallest absolute Gasteiger partial charge is 0.325 e. The van der Waals surface area contributed by atoms with E-state index >= 15 is 0 Å². The second-order valence-electron chi connectivity index (χ2n) is 6.49. The molecule has 9 nitrogen and oxygen atoms in total.